The number of ether oxygens (including phenoxy) is 1. The molecule has 0 unspecified atom stereocenters. The van der Waals surface area contributed by atoms with Gasteiger partial charge in [0.1, 0.15) is 12.4 Å². The Labute approximate surface area is 192 Å². The molecule has 0 saturated carbocycles. The summed E-state index contributed by atoms with van der Waals surface area (Å²) in [7, 11) is -3.82. The van der Waals surface area contributed by atoms with Gasteiger partial charge in [-0.1, -0.05) is 66.7 Å². The van der Waals surface area contributed by atoms with Gasteiger partial charge in [-0.05, 0) is 42.0 Å². The molecule has 0 aromatic heterocycles. The molecule has 0 heterocycles. The molecule has 0 aliphatic rings. The third-order valence-electron chi connectivity index (χ3n) is 4.81. The van der Waals surface area contributed by atoms with Crippen molar-refractivity contribution in [2.24, 2.45) is 0 Å². The lowest BCUT2D eigenvalue weighted by molar-refractivity contribution is 0.102. The van der Waals surface area contributed by atoms with Gasteiger partial charge < -0.3 is 10.1 Å². The maximum atomic E-state index is 12.8. The first kappa shape index (κ1) is 22.1. The van der Waals surface area contributed by atoms with E-state index in [0.29, 0.717) is 17.0 Å². The summed E-state index contributed by atoms with van der Waals surface area (Å²) in [6.45, 7) is 0.233. The van der Waals surface area contributed by atoms with E-state index < -0.39 is 10.0 Å². The lowest BCUT2D eigenvalue weighted by Gasteiger charge is -2.16. The Kier molecular flexibility index (Phi) is 6.71. The van der Waals surface area contributed by atoms with Gasteiger partial charge in [0.15, 0.2) is 0 Å². The third-order valence-corrected chi connectivity index (χ3v) is 6.19. The fraction of sp³-hybridized carbons (Fsp3) is 0.0385. The highest BCUT2D eigenvalue weighted by molar-refractivity contribution is 7.92. The van der Waals surface area contributed by atoms with Gasteiger partial charge in [-0.3, -0.25) is 9.52 Å². The van der Waals surface area contributed by atoms with Gasteiger partial charge in [0.25, 0.3) is 15.9 Å². The normalized spacial score (nSPS) is 10.9. The molecular weight excluding hydrogens is 436 g/mol. The van der Waals surface area contributed by atoms with Crippen molar-refractivity contribution in [2.45, 2.75) is 11.5 Å². The maximum absolute atomic E-state index is 12.8. The minimum atomic E-state index is -3.82. The Bertz CT molecular complexity index is 1330. The quantitative estimate of drug-likeness (QED) is 0.374. The van der Waals surface area contributed by atoms with Crippen LogP contribution in [0.1, 0.15) is 15.9 Å². The Hall–Kier alpha value is -4.10. The molecule has 6 nitrogen and oxygen atoms in total. The Balaban J connectivity index is 1.61. The van der Waals surface area contributed by atoms with E-state index in [1.807, 2.05) is 36.4 Å². The summed E-state index contributed by atoms with van der Waals surface area (Å²) >= 11 is 0. The lowest BCUT2D eigenvalue weighted by Crippen LogP contribution is -2.15. The monoisotopic (exact) mass is 458 g/mol. The first-order valence-electron chi connectivity index (χ1n) is 10.3. The van der Waals surface area contributed by atoms with E-state index in [4.69, 9.17) is 4.74 Å². The molecule has 166 valence electrons. The highest BCUT2D eigenvalue weighted by atomic mass is 32.2. The Morgan fingerprint density at radius 1 is 0.758 bits per heavy atom. The summed E-state index contributed by atoms with van der Waals surface area (Å²) in [5.41, 5.74) is 2.19. The van der Waals surface area contributed by atoms with Crippen molar-refractivity contribution < 1.29 is 17.9 Å². The summed E-state index contributed by atoms with van der Waals surface area (Å²) in [5.74, 6) is 0.0199. The van der Waals surface area contributed by atoms with Gasteiger partial charge >= 0.3 is 0 Å². The number of rotatable bonds is 8. The van der Waals surface area contributed by atoms with Crippen molar-refractivity contribution in [3.63, 3.8) is 0 Å². The molecule has 0 atom stereocenters. The van der Waals surface area contributed by atoms with E-state index in [9.17, 15) is 13.2 Å². The van der Waals surface area contributed by atoms with Gasteiger partial charge in [-0.2, -0.15) is 0 Å². The first-order valence-corrected chi connectivity index (χ1v) is 11.7. The highest BCUT2D eigenvalue weighted by Gasteiger charge is 2.17. The Morgan fingerprint density at radius 2 is 1.36 bits per heavy atom. The van der Waals surface area contributed by atoms with Crippen molar-refractivity contribution in [3.05, 3.63) is 120 Å². The summed E-state index contributed by atoms with van der Waals surface area (Å²) in [6, 6.07) is 31.2. The molecule has 2 N–H and O–H groups in total. The molecule has 0 fully saturated rings. The van der Waals surface area contributed by atoms with Crippen molar-refractivity contribution in [1.29, 1.82) is 0 Å². The van der Waals surface area contributed by atoms with Crippen molar-refractivity contribution >= 4 is 27.3 Å². The van der Waals surface area contributed by atoms with Crippen LogP contribution < -0.4 is 14.8 Å². The smallest absolute Gasteiger partial charge is 0.262 e. The average Bonchev–Trinajstić information content (AvgIpc) is 2.85. The largest absolute Gasteiger partial charge is 0.487 e. The van der Waals surface area contributed by atoms with E-state index in [-0.39, 0.29) is 23.1 Å². The van der Waals surface area contributed by atoms with Crippen LogP contribution >= 0.6 is 0 Å². The van der Waals surface area contributed by atoms with Crippen molar-refractivity contribution in [1.82, 2.24) is 0 Å². The molecule has 4 aromatic carbocycles. The summed E-state index contributed by atoms with van der Waals surface area (Å²) in [4.78, 5) is 12.7. The SMILES string of the molecule is O=C(Nc1ccc(NS(=O)(=O)c2ccccc2)c(OCc2ccccc2)c1)c1ccccc1. The molecule has 0 aliphatic carbocycles. The topological polar surface area (TPSA) is 84.5 Å². The number of benzene rings is 4. The van der Waals surface area contributed by atoms with Crippen LogP contribution in [0.15, 0.2) is 114 Å². The summed E-state index contributed by atoms with van der Waals surface area (Å²) in [5, 5.41) is 2.82. The van der Waals surface area contributed by atoms with Crippen LogP contribution in [0.25, 0.3) is 0 Å². The van der Waals surface area contributed by atoms with Crippen LogP contribution in [0.4, 0.5) is 11.4 Å². The van der Waals surface area contributed by atoms with Gasteiger partial charge in [-0.15, -0.1) is 0 Å². The first-order chi connectivity index (χ1) is 16.0. The third kappa shape index (κ3) is 5.78. The van der Waals surface area contributed by atoms with Gasteiger partial charge in [-0.25, -0.2) is 8.42 Å². The summed E-state index contributed by atoms with van der Waals surface area (Å²) in [6.07, 6.45) is 0. The van der Waals surface area contributed by atoms with Gasteiger partial charge in [0.2, 0.25) is 0 Å². The number of hydrogen-bond acceptors (Lipinski definition) is 4. The van der Waals surface area contributed by atoms with E-state index in [1.54, 1.807) is 60.7 Å². The number of carbonyl (C=O) groups excluding carboxylic acids is 1. The van der Waals surface area contributed by atoms with E-state index in [1.165, 1.54) is 12.1 Å². The van der Waals surface area contributed by atoms with Crippen LogP contribution in [0.2, 0.25) is 0 Å². The van der Waals surface area contributed by atoms with E-state index in [2.05, 4.69) is 10.0 Å². The molecule has 0 aliphatic heterocycles. The Morgan fingerprint density at radius 3 is 2.03 bits per heavy atom. The molecule has 4 aromatic rings. The van der Waals surface area contributed by atoms with Crippen LogP contribution in [-0.2, 0) is 16.6 Å². The zero-order valence-corrected chi connectivity index (χ0v) is 18.5. The molecule has 33 heavy (non-hydrogen) atoms. The van der Waals surface area contributed by atoms with E-state index >= 15 is 0 Å². The zero-order chi connectivity index (χ0) is 23.1. The standard InChI is InChI=1S/C26H22N2O4S/c29-26(21-12-6-2-7-13-21)27-22-16-17-24(28-33(30,31)23-14-8-3-9-15-23)25(18-22)32-19-20-10-4-1-5-11-20/h1-18,28H,19H2,(H,27,29). The molecular formula is C26H22N2O4S. The summed E-state index contributed by atoms with van der Waals surface area (Å²) < 4.78 is 34.2. The number of amides is 1. The molecule has 4 rings (SSSR count). The predicted molar refractivity (Wildman–Crippen MR) is 129 cm³/mol. The van der Waals surface area contributed by atoms with Crippen LogP contribution in [0.3, 0.4) is 0 Å². The van der Waals surface area contributed by atoms with E-state index in [0.717, 1.165) is 5.56 Å². The molecule has 0 bridgehead atoms. The lowest BCUT2D eigenvalue weighted by atomic mass is 10.2. The average molecular weight is 459 g/mol. The minimum Gasteiger partial charge on any atom is -0.487 e. The van der Waals surface area contributed by atoms with Crippen molar-refractivity contribution in [2.75, 3.05) is 10.0 Å². The fourth-order valence-corrected chi connectivity index (χ4v) is 4.23. The number of carbonyl (C=O) groups is 1. The van der Waals surface area contributed by atoms with Gasteiger partial charge in [0, 0.05) is 17.3 Å². The predicted octanol–water partition coefficient (Wildman–Crippen LogP) is 5.32. The highest BCUT2D eigenvalue weighted by Crippen LogP contribution is 2.31. The second-order valence-corrected chi connectivity index (χ2v) is 8.91. The minimum absolute atomic E-state index is 0.139. The fourth-order valence-electron chi connectivity index (χ4n) is 3.14. The molecule has 7 heteroatoms. The number of anilines is 2. The van der Waals surface area contributed by atoms with Crippen LogP contribution in [-0.4, -0.2) is 14.3 Å². The maximum Gasteiger partial charge on any atom is 0.262 e. The zero-order valence-electron chi connectivity index (χ0n) is 17.6. The van der Waals surface area contributed by atoms with Crippen molar-refractivity contribution in [3.8, 4) is 5.75 Å². The number of hydrogen-bond donors (Lipinski definition) is 2. The molecule has 1 amide bonds. The molecule has 0 radical (unpaired) electrons. The van der Waals surface area contributed by atoms with Crippen LogP contribution in [0.5, 0.6) is 5.75 Å². The molecule has 0 spiro atoms. The second-order valence-electron chi connectivity index (χ2n) is 7.22. The number of sulfonamides is 1. The number of nitrogens with one attached hydrogen (secondary N) is 2. The second kappa shape index (κ2) is 10.0. The van der Waals surface area contributed by atoms with Gasteiger partial charge in [0.05, 0.1) is 10.6 Å². The van der Waals surface area contributed by atoms with Crippen LogP contribution in [0, 0.1) is 0 Å². The molecule has 0 saturated heterocycles.